The van der Waals surface area contributed by atoms with Crippen molar-refractivity contribution < 1.29 is 9.84 Å². The summed E-state index contributed by atoms with van der Waals surface area (Å²) in [6.07, 6.45) is 1.97. The molecule has 0 aliphatic rings. The van der Waals surface area contributed by atoms with Gasteiger partial charge in [0.15, 0.2) is 0 Å². The first-order chi connectivity index (χ1) is 6.56. The first-order valence-electron chi connectivity index (χ1n) is 5.94. The lowest BCUT2D eigenvalue weighted by Gasteiger charge is -2.34. The summed E-state index contributed by atoms with van der Waals surface area (Å²) < 4.78 is 5.92. The third-order valence-electron chi connectivity index (χ3n) is 2.26. The highest BCUT2D eigenvalue weighted by atomic mass is 16.5. The molecule has 0 aromatic rings. The van der Waals surface area contributed by atoms with Gasteiger partial charge in [-0.3, -0.25) is 0 Å². The molecule has 0 heterocycles. The van der Waals surface area contributed by atoms with Crippen LogP contribution in [0.15, 0.2) is 0 Å². The number of hydrogen-bond acceptors (Lipinski definition) is 2. The number of aliphatic hydroxyl groups is 1. The van der Waals surface area contributed by atoms with Gasteiger partial charge in [-0.15, -0.1) is 0 Å². The molecule has 2 nitrogen and oxygen atoms in total. The SMILES string of the molecule is CC(C)O.CCC(C)(C)OC(C)(C)CC. The van der Waals surface area contributed by atoms with Gasteiger partial charge < -0.3 is 9.84 Å². The maximum Gasteiger partial charge on any atom is 0.0631 e. The molecule has 1 N–H and O–H groups in total. The van der Waals surface area contributed by atoms with Gasteiger partial charge in [-0.2, -0.15) is 0 Å². The molecular weight excluding hydrogens is 188 g/mol. The van der Waals surface area contributed by atoms with E-state index in [1.165, 1.54) is 0 Å². The van der Waals surface area contributed by atoms with E-state index in [1.807, 2.05) is 0 Å². The normalized spacial score (nSPS) is 12.4. The minimum absolute atomic E-state index is 0.0273. The molecule has 2 heteroatoms. The van der Waals surface area contributed by atoms with Gasteiger partial charge in [0.2, 0.25) is 0 Å². The summed E-state index contributed by atoms with van der Waals surface area (Å²) in [7, 11) is 0. The molecule has 0 aliphatic carbocycles. The fourth-order valence-electron chi connectivity index (χ4n) is 0.892. The van der Waals surface area contributed by atoms with E-state index in [0.717, 1.165) is 12.8 Å². The monoisotopic (exact) mass is 218 g/mol. The quantitative estimate of drug-likeness (QED) is 0.778. The lowest BCUT2D eigenvalue weighted by atomic mass is 10.0. The molecule has 0 aromatic carbocycles. The van der Waals surface area contributed by atoms with Crippen LogP contribution in [-0.2, 0) is 4.74 Å². The Balaban J connectivity index is 0. The van der Waals surface area contributed by atoms with Crippen LogP contribution in [0.1, 0.15) is 68.2 Å². The maximum atomic E-state index is 8.06. The van der Waals surface area contributed by atoms with E-state index < -0.39 is 0 Å². The molecule has 0 aliphatic heterocycles. The van der Waals surface area contributed by atoms with Crippen LogP contribution in [0.25, 0.3) is 0 Å². The number of rotatable bonds is 4. The number of aliphatic hydroxyl groups excluding tert-OH is 1. The van der Waals surface area contributed by atoms with Crippen molar-refractivity contribution in [1.82, 2.24) is 0 Å². The predicted molar refractivity (Wildman–Crippen MR) is 67.2 cm³/mol. The van der Waals surface area contributed by atoms with Crippen molar-refractivity contribution in [1.29, 1.82) is 0 Å². The van der Waals surface area contributed by atoms with Gasteiger partial charge in [-0.1, -0.05) is 13.8 Å². The van der Waals surface area contributed by atoms with Gasteiger partial charge >= 0.3 is 0 Å². The zero-order valence-corrected chi connectivity index (χ0v) is 11.8. The third kappa shape index (κ3) is 13.9. The third-order valence-corrected chi connectivity index (χ3v) is 2.26. The summed E-state index contributed by atoms with van der Waals surface area (Å²) in [4.78, 5) is 0. The van der Waals surface area contributed by atoms with Crippen LogP contribution in [0.3, 0.4) is 0 Å². The van der Waals surface area contributed by atoms with Crippen molar-refractivity contribution in [2.24, 2.45) is 0 Å². The van der Waals surface area contributed by atoms with Crippen LogP contribution < -0.4 is 0 Å². The molecule has 0 spiro atoms. The van der Waals surface area contributed by atoms with E-state index in [2.05, 4.69) is 41.5 Å². The smallest absolute Gasteiger partial charge is 0.0631 e. The second-order valence-corrected chi connectivity index (χ2v) is 5.42. The Morgan fingerprint density at radius 3 is 1.27 bits per heavy atom. The summed E-state index contributed by atoms with van der Waals surface area (Å²) in [5, 5.41) is 8.06. The molecular formula is C13H30O2. The zero-order valence-electron chi connectivity index (χ0n) is 11.8. The van der Waals surface area contributed by atoms with Gasteiger partial charge in [-0.05, 0) is 54.4 Å². The fourth-order valence-corrected chi connectivity index (χ4v) is 0.892. The summed E-state index contributed by atoms with van der Waals surface area (Å²) in [5.74, 6) is 0. The summed E-state index contributed by atoms with van der Waals surface area (Å²) in [6, 6.07) is 0. The van der Waals surface area contributed by atoms with Gasteiger partial charge in [0.1, 0.15) is 0 Å². The standard InChI is InChI=1S/C10H22O.C3H8O/c1-7-9(3,4)11-10(5,6)8-2;1-3(2)4/h7-8H2,1-6H3;3-4H,1-2H3. The average molecular weight is 218 g/mol. The van der Waals surface area contributed by atoms with E-state index in [9.17, 15) is 0 Å². The minimum atomic E-state index is -0.167. The van der Waals surface area contributed by atoms with Crippen LogP contribution >= 0.6 is 0 Å². The average Bonchev–Trinajstić information content (AvgIpc) is 2.02. The second kappa shape index (κ2) is 7.24. The van der Waals surface area contributed by atoms with Crippen molar-refractivity contribution >= 4 is 0 Å². The molecule has 0 amide bonds. The molecule has 94 valence electrons. The van der Waals surface area contributed by atoms with E-state index in [1.54, 1.807) is 13.8 Å². The number of hydrogen-bond donors (Lipinski definition) is 1. The first kappa shape index (κ1) is 17.3. The van der Waals surface area contributed by atoms with Crippen molar-refractivity contribution in [3.8, 4) is 0 Å². The van der Waals surface area contributed by atoms with E-state index >= 15 is 0 Å². The summed E-state index contributed by atoms with van der Waals surface area (Å²) in [6.45, 7) is 16.3. The van der Waals surface area contributed by atoms with Crippen LogP contribution in [0, 0.1) is 0 Å². The molecule has 0 bridgehead atoms. The predicted octanol–water partition coefficient (Wildman–Crippen LogP) is 3.77. The largest absolute Gasteiger partial charge is 0.394 e. The second-order valence-electron chi connectivity index (χ2n) is 5.42. The van der Waals surface area contributed by atoms with E-state index in [0.29, 0.717) is 0 Å². The molecule has 0 rings (SSSR count). The highest BCUT2D eigenvalue weighted by Crippen LogP contribution is 2.24. The molecule has 0 aromatic heterocycles. The topological polar surface area (TPSA) is 29.5 Å². The van der Waals surface area contributed by atoms with E-state index in [-0.39, 0.29) is 17.3 Å². The highest BCUT2D eigenvalue weighted by Gasteiger charge is 2.25. The maximum absolute atomic E-state index is 8.06. The molecule has 0 saturated heterocycles. The van der Waals surface area contributed by atoms with Crippen LogP contribution in [-0.4, -0.2) is 22.4 Å². The first-order valence-corrected chi connectivity index (χ1v) is 5.94. The Morgan fingerprint density at radius 1 is 0.933 bits per heavy atom. The van der Waals surface area contributed by atoms with Crippen LogP contribution in [0.4, 0.5) is 0 Å². The van der Waals surface area contributed by atoms with E-state index in [4.69, 9.17) is 9.84 Å². The zero-order chi connectivity index (χ0) is 12.7. The minimum Gasteiger partial charge on any atom is -0.394 e. The molecule has 15 heavy (non-hydrogen) atoms. The van der Waals surface area contributed by atoms with Gasteiger partial charge in [0.25, 0.3) is 0 Å². The molecule has 0 atom stereocenters. The van der Waals surface area contributed by atoms with Gasteiger partial charge in [0.05, 0.1) is 11.2 Å². The fraction of sp³-hybridized carbons (Fsp3) is 1.00. The molecule has 0 radical (unpaired) electrons. The lowest BCUT2D eigenvalue weighted by molar-refractivity contribution is -0.124. The van der Waals surface area contributed by atoms with Crippen molar-refractivity contribution in [3.05, 3.63) is 0 Å². The Hall–Kier alpha value is -0.0800. The van der Waals surface area contributed by atoms with Gasteiger partial charge in [-0.25, -0.2) is 0 Å². The highest BCUT2D eigenvalue weighted by molar-refractivity contribution is 4.74. The Bertz CT molecular complexity index is 132. The number of ether oxygens (including phenoxy) is 1. The summed E-state index contributed by atoms with van der Waals surface area (Å²) >= 11 is 0. The van der Waals surface area contributed by atoms with Crippen molar-refractivity contribution in [2.45, 2.75) is 85.5 Å². The van der Waals surface area contributed by atoms with Gasteiger partial charge in [0, 0.05) is 6.10 Å². The van der Waals surface area contributed by atoms with Crippen molar-refractivity contribution in [2.75, 3.05) is 0 Å². The Morgan fingerprint density at radius 2 is 1.13 bits per heavy atom. The van der Waals surface area contributed by atoms with Crippen LogP contribution in [0.5, 0.6) is 0 Å². The van der Waals surface area contributed by atoms with Crippen LogP contribution in [0.2, 0.25) is 0 Å². The molecule has 0 saturated carbocycles. The lowest BCUT2D eigenvalue weighted by Crippen LogP contribution is -2.35. The Labute approximate surface area is 96.0 Å². The van der Waals surface area contributed by atoms with Crippen molar-refractivity contribution in [3.63, 3.8) is 0 Å². The summed E-state index contributed by atoms with van der Waals surface area (Å²) in [5.41, 5.74) is 0.0546. The molecule has 0 unspecified atom stereocenters. The molecule has 0 fully saturated rings. The Kier molecular flexibility index (Phi) is 8.35.